The highest BCUT2D eigenvalue weighted by atomic mass is 16.4. The van der Waals surface area contributed by atoms with Crippen LogP contribution in [0.3, 0.4) is 0 Å². The van der Waals surface area contributed by atoms with Gasteiger partial charge in [0.2, 0.25) is 5.91 Å². The lowest BCUT2D eigenvalue weighted by Crippen LogP contribution is -2.40. The second kappa shape index (κ2) is 7.15. The molecule has 0 bridgehead atoms. The Morgan fingerprint density at radius 2 is 2.19 bits per heavy atom. The fourth-order valence-corrected chi connectivity index (χ4v) is 3.58. The summed E-state index contributed by atoms with van der Waals surface area (Å²) in [4.78, 5) is 34.0. The lowest BCUT2D eigenvalue weighted by atomic mass is 9.88. The number of aliphatic carboxylic acids is 1. The van der Waals surface area contributed by atoms with Gasteiger partial charge in [-0.3, -0.25) is 24.5 Å². The number of fused-ring (bicyclic) bond motifs is 1. The van der Waals surface area contributed by atoms with E-state index in [1.54, 1.807) is 18.5 Å². The molecule has 0 spiro atoms. The summed E-state index contributed by atoms with van der Waals surface area (Å²) in [7, 11) is 0. The Balaban J connectivity index is 1.58. The van der Waals surface area contributed by atoms with Gasteiger partial charge in [-0.05, 0) is 42.2 Å². The Morgan fingerprint density at radius 3 is 2.89 bits per heavy atom. The largest absolute Gasteiger partial charge is 0.481 e. The molecular formula is C21H19N3O3. The van der Waals surface area contributed by atoms with Crippen LogP contribution < -0.4 is 0 Å². The molecule has 4 rings (SSSR count). The van der Waals surface area contributed by atoms with Gasteiger partial charge in [-0.2, -0.15) is 0 Å². The van der Waals surface area contributed by atoms with Crippen LogP contribution in [0.4, 0.5) is 0 Å². The van der Waals surface area contributed by atoms with Crippen molar-refractivity contribution in [1.29, 1.82) is 0 Å². The van der Waals surface area contributed by atoms with Crippen molar-refractivity contribution in [2.45, 2.75) is 25.2 Å². The van der Waals surface area contributed by atoms with Gasteiger partial charge in [-0.25, -0.2) is 0 Å². The summed E-state index contributed by atoms with van der Waals surface area (Å²) in [6, 6.07) is 4.03. The van der Waals surface area contributed by atoms with E-state index in [9.17, 15) is 14.7 Å². The molecule has 4 heterocycles. The van der Waals surface area contributed by atoms with Gasteiger partial charge in [0.15, 0.2) is 0 Å². The second-order valence-corrected chi connectivity index (χ2v) is 6.77. The van der Waals surface area contributed by atoms with Crippen LogP contribution in [0.5, 0.6) is 0 Å². The Bertz CT molecular complexity index is 922. The maximum Gasteiger partial charge on any atom is 0.316 e. The lowest BCUT2D eigenvalue weighted by Gasteiger charge is -2.32. The number of rotatable bonds is 4. The number of allylic oxidation sites excluding steroid dienone is 5. The van der Waals surface area contributed by atoms with E-state index in [2.05, 4.69) is 22.1 Å². The molecule has 3 aliphatic heterocycles. The average Bonchev–Trinajstić information content (AvgIpc) is 2.71. The quantitative estimate of drug-likeness (QED) is 0.836. The van der Waals surface area contributed by atoms with Crippen LogP contribution in [0, 0.1) is 5.92 Å². The molecule has 0 saturated heterocycles. The van der Waals surface area contributed by atoms with E-state index < -0.39 is 17.8 Å². The van der Waals surface area contributed by atoms with Crippen molar-refractivity contribution in [2.75, 3.05) is 0 Å². The van der Waals surface area contributed by atoms with E-state index in [1.165, 1.54) is 4.90 Å². The topological polar surface area (TPSA) is 82.9 Å². The predicted molar refractivity (Wildman–Crippen MR) is 101 cm³/mol. The lowest BCUT2D eigenvalue weighted by molar-refractivity contribution is -0.149. The zero-order chi connectivity index (χ0) is 18.8. The molecular weight excluding hydrogens is 342 g/mol. The van der Waals surface area contributed by atoms with Crippen molar-refractivity contribution >= 4 is 18.1 Å². The maximum atomic E-state index is 12.4. The SMILES string of the molecule is O=C(O)C1CC(Cc2ccc(C3C=CN=CC3)cn2)=C2C=CC=CN2C1=O. The number of carboxylic acids is 1. The molecule has 136 valence electrons. The van der Waals surface area contributed by atoms with Crippen LogP contribution in [-0.2, 0) is 16.0 Å². The third-order valence-electron chi connectivity index (χ3n) is 5.05. The first-order valence-corrected chi connectivity index (χ1v) is 8.89. The van der Waals surface area contributed by atoms with Crippen molar-refractivity contribution in [1.82, 2.24) is 9.88 Å². The number of amides is 1. The number of hydrogen-bond donors (Lipinski definition) is 1. The van der Waals surface area contributed by atoms with E-state index in [0.29, 0.717) is 6.42 Å². The normalized spacial score (nSPS) is 23.7. The smallest absolute Gasteiger partial charge is 0.316 e. The molecule has 0 aliphatic carbocycles. The number of aliphatic imine (C=N–C) groups is 1. The molecule has 0 aromatic carbocycles. The van der Waals surface area contributed by atoms with E-state index in [1.807, 2.05) is 30.6 Å². The number of hydrogen-bond acceptors (Lipinski definition) is 4. The van der Waals surface area contributed by atoms with Gasteiger partial charge in [0.05, 0.1) is 0 Å². The van der Waals surface area contributed by atoms with Crippen LogP contribution in [0.2, 0.25) is 0 Å². The number of nitrogens with zero attached hydrogens (tertiary/aromatic N) is 3. The molecule has 1 aromatic heterocycles. The highest BCUT2D eigenvalue weighted by Gasteiger charge is 2.37. The van der Waals surface area contributed by atoms with Gasteiger partial charge in [-0.1, -0.05) is 18.2 Å². The average molecular weight is 361 g/mol. The first-order valence-electron chi connectivity index (χ1n) is 8.89. The minimum absolute atomic E-state index is 0.212. The van der Waals surface area contributed by atoms with Crippen molar-refractivity contribution < 1.29 is 14.7 Å². The molecule has 0 fully saturated rings. The Hall–Kier alpha value is -3.28. The molecule has 2 unspecified atom stereocenters. The van der Waals surface area contributed by atoms with Crippen LogP contribution in [-0.4, -0.2) is 33.1 Å². The van der Waals surface area contributed by atoms with Gasteiger partial charge >= 0.3 is 5.97 Å². The fourth-order valence-electron chi connectivity index (χ4n) is 3.58. The summed E-state index contributed by atoms with van der Waals surface area (Å²) in [5.41, 5.74) is 3.66. The highest BCUT2D eigenvalue weighted by molar-refractivity contribution is 5.99. The Morgan fingerprint density at radius 1 is 1.30 bits per heavy atom. The molecule has 6 nitrogen and oxygen atoms in total. The van der Waals surface area contributed by atoms with Crippen LogP contribution in [0.1, 0.15) is 30.0 Å². The van der Waals surface area contributed by atoms with Gasteiger partial charge in [0.25, 0.3) is 0 Å². The first-order chi connectivity index (χ1) is 13.1. The summed E-state index contributed by atoms with van der Waals surface area (Å²) in [6.45, 7) is 0. The number of carboxylic acid groups (broad SMARTS) is 1. The Kier molecular flexibility index (Phi) is 4.54. The Labute approximate surface area is 156 Å². The monoisotopic (exact) mass is 361 g/mol. The van der Waals surface area contributed by atoms with E-state index in [4.69, 9.17) is 0 Å². The maximum absolute atomic E-state index is 12.4. The third kappa shape index (κ3) is 3.38. The van der Waals surface area contributed by atoms with Gasteiger partial charge in [0.1, 0.15) is 5.92 Å². The number of carbonyl (C=O) groups excluding carboxylic acids is 1. The van der Waals surface area contributed by atoms with Gasteiger partial charge < -0.3 is 5.11 Å². The molecule has 1 N–H and O–H groups in total. The van der Waals surface area contributed by atoms with Crippen LogP contribution >= 0.6 is 0 Å². The van der Waals surface area contributed by atoms with Crippen LogP contribution in [0.15, 0.2) is 71.3 Å². The van der Waals surface area contributed by atoms with Crippen molar-refractivity contribution in [3.63, 3.8) is 0 Å². The molecule has 1 amide bonds. The van der Waals surface area contributed by atoms with E-state index in [-0.39, 0.29) is 12.3 Å². The van der Waals surface area contributed by atoms with Crippen molar-refractivity contribution in [2.24, 2.45) is 10.9 Å². The summed E-state index contributed by atoms with van der Waals surface area (Å²) in [6.07, 6.45) is 16.3. The molecule has 0 saturated carbocycles. The minimum Gasteiger partial charge on any atom is -0.481 e. The summed E-state index contributed by atoms with van der Waals surface area (Å²) < 4.78 is 0. The zero-order valence-corrected chi connectivity index (χ0v) is 14.7. The van der Waals surface area contributed by atoms with E-state index >= 15 is 0 Å². The number of aromatic nitrogens is 1. The summed E-state index contributed by atoms with van der Waals surface area (Å²) in [5, 5.41) is 9.42. The zero-order valence-electron chi connectivity index (χ0n) is 14.7. The molecule has 1 aromatic rings. The number of pyridine rings is 1. The van der Waals surface area contributed by atoms with Crippen LogP contribution in [0.25, 0.3) is 0 Å². The van der Waals surface area contributed by atoms with Crippen molar-refractivity contribution in [3.8, 4) is 0 Å². The molecule has 0 radical (unpaired) electrons. The molecule has 27 heavy (non-hydrogen) atoms. The van der Waals surface area contributed by atoms with Gasteiger partial charge in [0, 0.05) is 48.5 Å². The summed E-state index contributed by atoms with van der Waals surface area (Å²) in [5.74, 6) is -2.24. The summed E-state index contributed by atoms with van der Waals surface area (Å²) >= 11 is 0. The minimum atomic E-state index is -1.09. The third-order valence-corrected chi connectivity index (χ3v) is 5.05. The van der Waals surface area contributed by atoms with E-state index in [0.717, 1.165) is 28.9 Å². The molecule has 3 aliphatic rings. The molecule has 6 heteroatoms. The number of carbonyl (C=O) groups is 2. The van der Waals surface area contributed by atoms with Gasteiger partial charge in [-0.15, -0.1) is 0 Å². The standard InChI is InChI=1S/C21H19N3O3/c25-20-18(21(26)27)12-16(19-3-1-2-10-24(19)20)11-17-5-4-15(13-23-17)14-6-8-22-9-7-14/h1-6,8-10,13-14,18H,7,11-12H2,(H,26,27). The predicted octanol–water partition coefficient (Wildman–Crippen LogP) is 2.97. The first kappa shape index (κ1) is 17.1. The molecule has 2 atom stereocenters. The highest BCUT2D eigenvalue weighted by Crippen LogP contribution is 2.32. The fraction of sp³-hybridized carbons (Fsp3) is 0.238. The second-order valence-electron chi connectivity index (χ2n) is 6.77. The van der Waals surface area contributed by atoms with Crippen molar-refractivity contribution in [3.05, 3.63) is 77.6 Å².